The number of ether oxygens (including phenoxy) is 1. The summed E-state index contributed by atoms with van der Waals surface area (Å²) < 4.78 is 5.84. The third kappa shape index (κ3) is 6.70. The third-order valence-electron chi connectivity index (χ3n) is 4.53. The van der Waals surface area contributed by atoms with E-state index < -0.39 is 0 Å². The van der Waals surface area contributed by atoms with Gasteiger partial charge in [-0.05, 0) is 41.5 Å². The van der Waals surface area contributed by atoms with E-state index >= 15 is 0 Å². The monoisotopic (exact) mass is 431 g/mol. The van der Waals surface area contributed by atoms with E-state index in [1.165, 1.54) is 13.8 Å². The largest absolute Gasteiger partial charge is 0.489 e. The molecule has 0 bridgehead atoms. The van der Waals surface area contributed by atoms with Crippen LogP contribution in [0.15, 0.2) is 72.8 Å². The average molecular weight is 431 g/mol. The molecule has 0 aliphatic carbocycles. The van der Waals surface area contributed by atoms with E-state index in [9.17, 15) is 14.4 Å². The average Bonchev–Trinajstić information content (AvgIpc) is 2.76. The summed E-state index contributed by atoms with van der Waals surface area (Å²) >= 11 is 0. The minimum Gasteiger partial charge on any atom is -0.489 e. The first-order valence-corrected chi connectivity index (χ1v) is 10.1. The Morgan fingerprint density at radius 2 is 1.31 bits per heavy atom. The second-order valence-corrected chi connectivity index (χ2v) is 7.21. The fourth-order valence-electron chi connectivity index (χ4n) is 3.14. The highest BCUT2D eigenvalue weighted by Gasteiger charge is 2.12. The van der Waals surface area contributed by atoms with Gasteiger partial charge in [0.05, 0.1) is 0 Å². The minimum absolute atomic E-state index is 0.274. The van der Waals surface area contributed by atoms with Crippen molar-refractivity contribution in [2.24, 2.45) is 0 Å². The molecule has 164 valence electrons. The molecule has 0 aromatic heterocycles. The van der Waals surface area contributed by atoms with Crippen molar-refractivity contribution < 1.29 is 19.1 Å². The van der Waals surface area contributed by atoms with Gasteiger partial charge in [0.2, 0.25) is 11.8 Å². The van der Waals surface area contributed by atoms with E-state index in [0.29, 0.717) is 30.1 Å². The smallest absolute Gasteiger partial charge is 0.251 e. The molecule has 3 amide bonds. The summed E-state index contributed by atoms with van der Waals surface area (Å²) in [5, 5.41) is 8.18. The molecule has 0 saturated heterocycles. The molecule has 3 aromatic rings. The maximum atomic E-state index is 12.8. The number of para-hydroxylation sites is 1. The lowest BCUT2D eigenvalue weighted by Gasteiger charge is -2.13. The summed E-state index contributed by atoms with van der Waals surface area (Å²) in [6.45, 7) is 3.42. The number of benzene rings is 3. The molecule has 0 unspecified atom stereocenters. The van der Waals surface area contributed by atoms with Crippen molar-refractivity contribution in [1.82, 2.24) is 5.32 Å². The molecule has 0 radical (unpaired) electrons. The molecule has 0 fully saturated rings. The van der Waals surface area contributed by atoms with Crippen LogP contribution in [-0.2, 0) is 22.7 Å². The fourth-order valence-corrected chi connectivity index (χ4v) is 3.14. The normalized spacial score (nSPS) is 10.2. The van der Waals surface area contributed by atoms with E-state index in [-0.39, 0.29) is 17.7 Å². The van der Waals surface area contributed by atoms with E-state index in [4.69, 9.17) is 4.74 Å². The predicted molar refractivity (Wildman–Crippen MR) is 123 cm³/mol. The van der Waals surface area contributed by atoms with Crippen LogP contribution in [-0.4, -0.2) is 17.7 Å². The number of rotatable bonds is 8. The SMILES string of the molecule is CC(=O)Nc1cc(NC(C)=O)cc(C(=O)NCc2ccccc2COc2ccccc2)c1. The summed E-state index contributed by atoms with van der Waals surface area (Å²) in [7, 11) is 0. The number of nitrogens with one attached hydrogen (secondary N) is 3. The molecule has 3 aromatic carbocycles. The van der Waals surface area contributed by atoms with Crippen LogP contribution in [0.4, 0.5) is 11.4 Å². The van der Waals surface area contributed by atoms with Gasteiger partial charge < -0.3 is 20.7 Å². The first-order valence-electron chi connectivity index (χ1n) is 10.1. The second-order valence-electron chi connectivity index (χ2n) is 7.21. The van der Waals surface area contributed by atoms with Crippen molar-refractivity contribution in [1.29, 1.82) is 0 Å². The van der Waals surface area contributed by atoms with Crippen LogP contribution in [0.5, 0.6) is 5.75 Å². The standard InChI is InChI=1S/C25H25N3O4/c1-17(29)27-22-12-21(13-23(14-22)28-18(2)30)25(31)26-15-19-8-6-7-9-20(19)16-32-24-10-4-3-5-11-24/h3-14H,15-16H2,1-2H3,(H,26,31)(H,27,29)(H,28,30). The van der Waals surface area contributed by atoms with Crippen molar-refractivity contribution in [3.05, 3.63) is 89.5 Å². The van der Waals surface area contributed by atoms with Crippen molar-refractivity contribution in [2.45, 2.75) is 27.0 Å². The Bertz CT molecular complexity index is 1080. The van der Waals surface area contributed by atoms with Crippen LogP contribution >= 0.6 is 0 Å². The second kappa shape index (κ2) is 10.8. The summed E-state index contributed by atoms with van der Waals surface area (Å²) in [5.74, 6) is -0.110. The van der Waals surface area contributed by atoms with Crippen LogP contribution in [0.2, 0.25) is 0 Å². The quantitative estimate of drug-likeness (QED) is 0.500. The molecular formula is C25H25N3O4. The van der Waals surface area contributed by atoms with Gasteiger partial charge >= 0.3 is 0 Å². The summed E-state index contributed by atoms with van der Waals surface area (Å²) in [6.07, 6.45) is 0. The van der Waals surface area contributed by atoms with Gasteiger partial charge in [-0.1, -0.05) is 42.5 Å². The summed E-state index contributed by atoms with van der Waals surface area (Å²) in [5.41, 5.74) is 3.05. The number of carbonyl (C=O) groups excluding carboxylic acids is 3. The zero-order valence-electron chi connectivity index (χ0n) is 18.0. The highest BCUT2D eigenvalue weighted by Crippen LogP contribution is 2.20. The lowest BCUT2D eigenvalue weighted by molar-refractivity contribution is -0.115. The van der Waals surface area contributed by atoms with Gasteiger partial charge in [0.15, 0.2) is 0 Å². The maximum absolute atomic E-state index is 12.8. The highest BCUT2D eigenvalue weighted by molar-refractivity contribution is 5.99. The van der Waals surface area contributed by atoms with Crippen molar-refractivity contribution in [2.75, 3.05) is 10.6 Å². The van der Waals surface area contributed by atoms with Gasteiger partial charge in [-0.15, -0.1) is 0 Å². The predicted octanol–water partition coefficient (Wildman–Crippen LogP) is 4.11. The lowest BCUT2D eigenvalue weighted by Crippen LogP contribution is -2.24. The van der Waals surface area contributed by atoms with Gasteiger partial charge in [-0.25, -0.2) is 0 Å². The fraction of sp³-hybridized carbons (Fsp3) is 0.160. The van der Waals surface area contributed by atoms with Crippen molar-refractivity contribution in [3.8, 4) is 5.75 Å². The Kier molecular flexibility index (Phi) is 7.59. The molecule has 0 aliphatic heterocycles. The molecule has 32 heavy (non-hydrogen) atoms. The minimum atomic E-state index is -0.331. The molecule has 0 spiro atoms. The van der Waals surface area contributed by atoms with Gasteiger partial charge in [0.25, 0.3) is 5.91 Å². The van der Waals surface area contributed by atoms with Crippen molar-refractivity contribution in [3.63, 3.8) is 0 Å². The molecule has 7 nitrogen and oxygen atoms in total. The zero-order valence-corrected chi connectivity index (χ0v) is 18.0. The summed E-state index contributed by atoms with van der Waals surface area (Å²) in [6, 6.07) is 21.9. The van der Waals surface area contributed by atoms with Crippen LogP contribution in [0.25, 0.3) is 0 Å². The molecular weight excluding hydrogens is 406 g/mol. The lowest BCUT2D eigenvalue weighted by atomic mass is 10.1. The Balaban J connectivity index is 1.71. The Labute approximate surface area is 186 Å². The zero-order chi connectivity index (χ0) is 22.9. The van der Waals surface area contributed by atoms with Crippen LogP contribution in [0.3, 0.4) is 0 Å². The summed E-state index contributed by atoms with van der Waals surface area (Å²) in [4.78, 5) is 35.7. The van der Waals surface area contributed by atoms with Gasteiger partial charge in [0, 0.05) is 37.3 Å². The van der Waals surface area contributed by atoms with Crippen LogP contribution in [0.1, 0.15) is 35.3 Å². The maximum Gasteiger partial charge on any atom is 0.251 e. The van der Waals surface area contributed by atoms with E-state index in [0.717, 1.165) is 16.9 Å². The number of amides is 3. The molecule has 0 atom stereocenters. The number of hydrogen-bond donors (Lipinski definition) is 3. The van der Waals surface area contributed by atoms with E-state index in [1.54, 1.807) is 18.2 Å². The molecule has 3 N–H and O–H groups in total. The highest BCUT2D eigenvalue weighted by atomic mass is 16.5. The van der Waals surface area contributed by atoms with E-state index in [2.05, 4.69) is 16.0 Å². The van der Waals surface area contributed by atoms with E-state index in [1.807, 2.05) is 54.6 Å². The van der Waals surface area contributed by atoms with Gasteiger partial charge in [-0.2, -0.15) is 0 Å². The molecule has 7 heteroatoms. The topological polar surface area (TPSA) is 96.5 Å². The number of anilines is 2. The molecule has 0 saturated carbocycles. The van der Waals surface area contributed by atoms with Gasteiger partial charge in [-0.3, -0.25) is 14.4 Å². The van der Waals surface area contributed by atoms with Crippen molar-refractivity contribution >= 4 is 29.1 Å². The third-order valence-corrected chi connectivity index (χ3v) is 4.53. The molecule has 0 aliphatic rings. The number of carbonyl (C=O) groups is 3. The Hall–Kier alpha value is -4.13. The number of hydrogen-bond acceptors (Lipinski definition) is 4. The van der Waals surface area contributed by atoms with Gasteiger partial charge in [0.1, 0.15) is 12.4 Å². The Morgan fingerprint density at radius 1 is 0.750 bits per heavy atom. The Morgan fingerprint density at radius 3 is 1.91 bits per heavy atom. The first kappa shape index (κ1) is 22.6. The van der Waals surface area contributed by atoms with Crippen LogP contribution < -0.4 is 20.7 Å². The molecule has 3 rings (SSSR count). The first-order chi connectivity index (χ1) is 15.4. The molecule has 0 heterocycles. The van der Waals surface area contributed by atoms with Crippen LogP contribution in [0, 0.1) is 0 Å².